The van der Waals surface area contributed by atoms with E-state index in [4.69, 9.17) is 0 Å². The van der Waals surface area contributed by atoms with E-state index >= 15 is 0 Å². The monoisotopic (exact) mass is 281 g/mol. The van der Waals surface area contributed by atoms with Crippen LogP contribution in [0, 0.1) is 19.8 Å². The van der Waals surface area contributed by atoms with Crippen LogP contribution >= 0.6 is 11.3 Å². The molecule has 3 nitrogen and oxygen atoms in total. The molecule has 0 radical (unpaired) electrons. The second kappa shape index (κ2) is 5.63. The molecule has 106 valence electrons. The Balaban J connectivity index is 1.90. The minimum Gasteiger partial charge on any atom is -0.388 e. The molecular weight excluding hydrogens is 258 g/mol. The molecule has 0 atom stereocenters. The Morgan fingerprint density at radius 2 is 2.11 bits per heavy atom. The average molecular weight is 281 g/mol. The smallest absolute Gasteiger partial charge is 0.261 e. The van der Waals surface area contributed by atoms with Crippen molar-refractivity contribution < 1.29 is 9.90 Å². The average Bonchev–Trinajstić information content (AvgIpc) is 2.71. The zero-order valence-electron chi connectivity index (χ0n) is 12.0. The van der Waals surface area contributed by atoms with Crippen molar-refractivity contribution in [2.75, 3.05) is 6.54 Å². The Morgan fingerprint density at radius 3 is 2.63 bits per heavy atom. The van der Waals surface area contributed by atoms with Gasteiger partial charge in [-0.3, -0.25) is 4.79 Å². The summed E-state index contributed by atoms with van der Waals surface area (Å²) in [6.45, 7) is 6.62. The number of hydrogen-bond acceptors (Lipinski definition) is 3. The van der Waals surface area contributed by atoms with Crippen molar-refractivity contribution in [2.45, 2.75) is 52.1 Å². The van der Waals surface area contributed by atoms with E-state index < -0.39 is 5.60 Å². The summed E-state index contributed by atoms with van der Waals surface area (Å²) in [5.74, 6) is 0.631. The fourth-order valence-corrected chi connectivity index (χ4v) is 3.44. The van der Waals surface area contributed by atoms with E-state index in [1.165, 1.54) is 16.2 Å². The molecule has 0 unspecified atom stereocenters. The largest absolute Gasteiger partial charge is 0.388 e. The predicted octanol–water partition coefficient (Wildman–Crippen LogP) is 3.04. The molecule has 1 aromatic rings. The summed E-state index contributed by atoms with van der Waals surface area (Å²) in [6.07, 6.45) is 3.67. The number of carbonyl (C=O) groups excluding carboxylic acids is 1. The number of aliphatic hydroxyl groups is 1. The Kier molecular flexibility index (Phi) is 4.31. The van der Waals surface area contributed by atoms with Gasteiger partial charge in [0.1, 0.15) is 0 Å². The molecule has 1 aliphatic rings. The molecule has 0 aliphatic heterocycles. The lowest BCUT2D eigenvalue weighted by atomic mass is 9.79. The maximum absolute atomic E-state index is 12.0. The molecule has 0 bridgehead atoms. The molecule has 1 saturated carbocycles. The topological polar surface area (TPSA) is 49.3 Å². The van der Waals surface area contributed by atoms with E-state index in [0.717, 1.165) is 36.1 Å². The standard InChI is InChI=1S/C15H23NO2S/c1-10-4-6-15(18,7-5-10)9-16-14(17)13-8-11(2)12(3)19-13/h8,10,18H,4-7,9H2,1-3H3,(H,16,17). The summed E-state index contributed by atoms with van der Waals surface area (Å²) in [4.78, 5) is 14.0. The van der Waals surface area contributed by atoms with E-state index in [1.54, 1.807) is 0 Å². The maximum atomic E-state index is 12.0. The van der Waals surface area contributed by atoms with E-state index in [0.29, 0.717) is 12.5 Å². The van der Waals surface area contributed by atoms with Gasteiger partial charge < -0.3 is 10.4 Å². The van der Waals surface area contributed by atoms with Gasteiger partial charge in [0, 0.05) is 11.4 Å². The molecule has 2 N–H and O–H groups in total. The number of aryl methyl sites for hydroxylation is 2. The van der Waals surface area contributed by atoms with Crippen molar-refractivity contribution in [3.8, 4) is 0 Å². The number of thiophene rings is 1. The molecule has 1 aromatic heterocycles. The van der Waals surface area contributed by atoms with Crippen LogP contribution in [0.2, 0.25) is 0 Å². The van der Waals surface area contributed by atoms with Crippen molar-refractivity contribution in [1.29, 1.82) is 0 Å². The Labute approximate surface area is 119 Å². The first-order chi connectivity index (χ1) is 8.89. The van der Waals surface area contributed by atoms with Crippen LogP contribution < -0.4 is 5.32 Å². The molecule has 2 rings (SSSR count). The summed E-state index contributed by atoms with van der Waals surface area (Å²) in [5.41, 5.74) is 0.448. The van der Waals surface area contributed by atoms with Gasteiger partial charge >= 0.3 is 0 Å². The van der Waals surface area contributed by atoms with Gasteiger partial charge in [0.05, 0.1) is 10.5 Å². The Bertz CT molecular complexity index is 439. The summed E-state index contributed by atoms with van der Waals surface area (Å²) in [7, 11) is 0. The minimum absolute atomic E-state index is 0.0618. The van der Waals surface area contributed by atoms with Gasteiger partial charge in [-0.05, 0) is 57.1 Å². The molecule has 4 heteroatoms. The number of amides is 1. The number of nitrogens with one attached hydrogen (secondary N) is 1. The van der Waals surface area contributed by atoms with Crippen LogP contribution in [0.25, 0.3) is 0 Å². The fourth-order valence-electron chi connectivity index (χ4n) is 2.49. The molecule has 1 aliphatic carbocycles. The van der Waals surface area contributed by atoms with Crippen LogP contribution in [0.1, 0.15) is 52.7 Å². The third kappa shape index (κ3) is 3.57. The van der Waals surface area contributed by atoms with Crippen molar-refractivity contribution in [3.05, 3.63) is 21.4 Å². The summed E-state index contributed by atoms with van der Waals surface area (Å²) >= 11 is 1.51. The molecule has 0 aromatic carbocycles. The zero-order valence-corrected chi connectivity index (χ0v) is 12.8. The first-order valence-electron chi connectivity index (χ1n) is 6.97. The number of hydrogen-bond donors (Lipinski definition) is 2. The fraction of sp³-hybridized carbons (Fsp3) is 0.667. The highest BCUT2D eigenvalue weighted by molar-refractivity contribution is 7.14. The quantitative estimate of drug-likeness (QED) is 0.894. The number of rotatable bonds is 3. The summed E-state index contributed by atoms with van der Waals surface area (Å²) in [5, 5.41) is 13.3. The second-order valence-corrected chi connectivity index (χ2v) is 7.20. The molecular formula is C15H23NO2S. The van der Waals surface area contributed by atoms with Gasteiger partial charge in [-0.1, -0.05) is 6.92 Å². The van der Waals surface area contributed by atoms with E-state index in [-0.39, 0.29) is 5.91 Å². The van der Waals surface area contributed by atoms with Crippen molar-refractivity contribution in [2.24, 2.45) is 5.92 Å². The van der Waals surface area contributed by atoms with Gasteiger partial charge in [0.2, 0.25) is 0 Å². The van der Waals surface area contributed by atoms with Crippen LogP contribution in [0.15, 0.2) is 6.07 Å². The SMILES string of the molecule is Cc1cc(C(=O)NCC2(O)CCC(C)CC2)sc1C. The third-order valence-electron chi connectivity index (χ3n) is 4.17. The minimum atomic E-state index is -0.705. The van der Waals surface area contributed by atoms with Crippen molar-refractivity contribution in [1.82, 2.24) is 5.32 Å². The van der Waals surface area contributed by atoms with Crippen LogP contribution in [-0.2, 0) is 0 Å². The number of carbonyl (C=O) groups is 1. The lowest BCUT2D eigenvalue weighted by Crippen LogP contribution is -2.45. The highest BCUT2D eigenvalue weighted by Gasteiger charge is 2.32. The summed E-state index contributed by atoms with van der Waals surface area (Å²) < 4.78 is 0. The molecule has 0 spiro atoms. The molecule has 1 amide bonds. The summed E-state index contributed by atoms with van der Waals surface area (Å²) in [6, 6.07) is 1.92. The second-order valence-electron chi connectivity index (χ2n) is 5.94. The van der Waals surface area contributed by atoms with Crippen LogP contribution in [0.5, 0.6) is 0 Å². The first-order valence-corrected chi connectivity index (χ1v) is 7.79. The third-order valence-corrected chi connectivity index (χ3v) is 5.32. The van der Waals surface area contributed by atoms with Crippen molar-refractivity contribution in [3.63, 3.8) is 0 Å². The lowest BCUT2D eigenvalue weighted by Gasteiger charge is -2.34. The van der Waals surface area contributed by atoms with Gasteiger partial charge in [-0.15, -0.1) is 11.3 Å². The van der Waals surface area contributed by atoms with Crippen LogP contribution in [0.3, 0.4) is 0 Å². The van der Waals surface area contributed by atoms with E-state index in [9.17, 15) is 9.90 Å². The normalized spacial score (nSPS) is 27.3. The molecule has 1 heterocycles. The molecule has 1 fully saturated rings. The molecule has 19 heavy (non-hydrogen) atoms. The van der Waals surface area contributed by atoms with Crippen LogP contribution in [0.4, 0.5) is 0 Å². The van der Waals surface area contributed by atoms with E-state index in [2.05, 4.69) is 12.2 Å². The highest BCUT2D eigenvalue weighted by atomic mass is 32.1. The van der Waals surface area contributed by atoms with Gasteiger partial charge in [-0.2, -0.15) is 0 Å². The van der Waals surface area contributed by atoms with Crippen molar-refractivity contribution >= 4 is 17.2 Å². The molecule has 0 saturated heterocycles. The lowest BCUT2D eigenvalue weighted by molar-refractivity contribution is -0.00536. The van der Waals surface area contributed by atoms with Gasteiger partial charge in [0.15, 0.2) is 0 Å². The van der Waals surface area contributed by atoms with Gasteiger partial charge in [-0.25, -0.2) is 0 Å². The predicted molar refractivity (Wildman–Crippen MR) is 78.7 cm³/mol. The van der Waals surface area contributed by atoms with Crippen LogP contribution in [-0.4, -0.2) is 23.2 Å². The highest BCUT2D eigenvalue weighted by Crippen LogP contribution is 2.31. The first kappa shape index (κ1) is 14.5. The Hall–Kier alpha value is -0.870. The van der Waals surface area contributed by atoms with E-state index in [1.807, 2.05) is 19.9 Å². The maximum Gasteiger partial charge on any atom is 0.261 e. The Morgan fingerprint density at radius 1 is 1.47 bits per heavy atom. The van der Waals surface area contributed by atoms with Gasteiger partial charge in [0.25, 0.3) is 5.91 Å². The zero-order chi connectivity index (χ0) is 14.0.